The van der Waals surface area contributed by atoms with Gasteiger partial charge in [-0.25, -0.2) is 13.9 Å². The number of carbonyl (C=O) groups is 2. The number of ether oxygens (including phenoxy) is 3. The van der Waals surface area contributed by atoms with Gasteiger partial charge in [-0.3, -0.25) is 23.2 Å². The Hall–Kier alpha value is -4.88. The number of phosphoric acid groups is 2. The van der Waals surface area contributed by atoms with Crippen LogP contribution >= 0.6 is 15.6 Å². The van der Waals surface area contributed by atoms with E-state index in [0.717, 1.165) is 81.4 Å². The van der Waals surface area contributed by atoms with E-state index in [4.69, 9.17) is 34.1 Å². The van der Waals surface area contributed by atoms with Crippen molar-refractivity contribution in [2.24, 2.45) is 0 Å². The quantitative estimate of drug-likeness (QED) is 0.0154. The van der Waals surface area contributed by atoms with Crippen molar-refractivity contribution in [3.63, 3.8) is 0 Å². The Bertz CT molecular complexity index is 2230. The van der Waals surface area contributed by atoms with E-state index in [1.165, 1.54) is 6.07 Å². The van der Waals surface area contributed by atoms with Gasteiger partial charge in [-0.05, 0) is 102 Å². The summed E-state index contributed by atoms with van der Waals surface area (Å²) in [5.74, 6) is -1.50. The Labute approximate surface area is 442 Å². The summed E-state index contributed by atoms with van der Waals surface area (Å²) in [6.07, 6.45) is 47.4. The zero-order chi connectivity index (χ0) is 54.8. The Kier molecular flexibility index (Phi) is 36.5. The van der Waals surface area contributed by atoms with E-state index in [0.29, 0.717) is 32.1 Å². The van der Waals surface area contributed by atoms with Crippen LogP contribution in [0.2, 0.25) is 0 Å². The van der Waals surface area contributed by atoms with Gasteiger partial charge < -0.3 is 45.1 Å². The topological polar surface area (TPSA) is 286 Å². The van der Waals surface area contributed by atoms with E-state index in [-0.39, 0.29) is 25.3 Å². The van der Waals surface area contributed by atoms with Crippen LogP contribution in [0, 0.1) is 0 Å². The molecule has 2 unspecified atom stereocenters. The van der Waals surface area contributed by atoms with Crippen LogP contribution in [0.4, 0.5) is 5.82 Å². The van der Waals surface area contributed by atoms with Crippen LogP contribution in [0.1, 0.15) is 129 Å². The van der Waals surface area contributed by atoms with Gasteiger partial charge in [0.25, 0.3) is 0 Å². The predicted molar refractivity (Wildman–Crippen MR) is 290 cm³/mol. The molecule has 0 amide bonds. The highest BCUT2D eigenvalue weighted by atomic mass is 31.3. The lowest BCUT2D eigenvalue weighted by molar-refractivity contribution is -0.161. The fourth-order valence-electron chi connectivity index (χ4n) is 6.66. The highest BCUT2D eigenvalue weighted by Gasteiger charge is 2.46. The minimum absolute atomic E-state index is 0.0231. The molecule has 418 valence electrons. The summed E-state index contributed by atoms with van der Waals surface area (Å²) in [5, 5.41) is 29.7. The van der Waals surface area contributed by atoms with E-state index < -0.39 is 83.7 Å². The van der Waals surface area contributed by atoms with Gasteiger partial charge in [-0.2, -0.15) is 9.29 Å². The predicted octanol–water partition coefficient (Wildman–Crippen LogP) is 9.75. The fourth-order valence-corrected chi connectivity index (χ4v) is 8.77. The van der Waals surface area contributed by atoms with E-state index in [1.54, 1.807) is 0 Å². The molecule has 1 saturated heterocycles. The molecule has 7 N–H and O–H groups in total. The third-order valence-corrected chi connectivity index (χ3v) is 13.2. The Balaban J connectivity index is 1.86. The van der Waals surface area contributed by atoms with Crippen molar-refractivity contribution in [1.29, 1.82) is 0 Å². The van der Waals surface area contributed by atoms with Gasteiger partial charge in [0.1, 0.15) is 30.7 Å². The lowest BCUT2D eigenvalue weighted by Crippen LogP contribution is -2.36. The van der Waals surface area contributed by atoms with Gasteiger partial charge >= 0.3 is 33.3 Å². The van der Waals surface area contributed by atoms with Crippen molar-refractivity contribution >= 4 is 33.4 Å². The van der Waals surface area contributed by atoms with Crippen LogP contribution in [0.25, 0.3) is 0 Å². The van der Waals surface area contributed by atoms with Crippen molar-refractivity contribution in [3.05, 3.63) is 144 Å². The molecule has 0 bridgehead atoms. The number of rotatable bonds is 41. The van der Waals surface area contributed by atoms with Crippen LogP contribution in [0.3, 0.4) is 0 Å². The number of aliphatic hydroxyl groups excluding tert-OH is 3. The van der Waals surface area contributed by atoms with Crippen molar-refractivity contribution in [1.82, 2.24) is 9.55 Å². The molecule has 1 aliphatic rings. The molecule has 19 nitrogen and oxygen atoms in total. The average Bonchev–Trinajstić information content (AvgIpc) is 3.65. The number of allylic oxidation sites excluding steroid dienone is 20. The monoisotopic (exact) mass is 1090 g/mol. The third kappa shape index (κ3) is 33.7. The number of aromatic nitrogens is 2. The number of carbonyl (C=O) groups excluding carboxylic acids is 2. The maximum atomic E-state index is 12.9. The fraction of sp³-hybridized carbons (Fsp3) is 0.519. The summed E-state index contributed by atoms with van der Waals surface area (Å²) >= 11 is 0. The van der Waals surface area contributed by atoms with E-state index in [9.17, 15) is 43.5 Å². The van der Waals surface area contributed by atoms with Gasteiger partial charge in [-0.1, -0.05) is 135 Å². The highest BCUT2D eigenvalue weighted by Crippen LogP contribution is 2.60. The first-order chi connectivity index (χ1) is 36.2. The number of phosphoric ester groups is 2. The Morgan fingerprint density at radius 3 is 1.68 bits per heavy atom. The summed E-state index contributed by atoms with van der Waals surface area (Å²) in [6.45, 7) is -0.103. The molecule has 7 atom stereocenters. The molecule has 2 rings (SSSR count). The van der Waals surface area contributed by atoms with Crippen LogP contribution in [-0.4, -0.2) is 97.4 Å². The molecular formula is C54H81N3O16P2. The van der Waals surface area contributed by atoms with Crippen LogP contribution in [-0.2, 0) is 46.3 Å². The first kappa shape index (κ1) is 66.2. The van der Waals surface area contributed by atoms with Gasteiger partial charge in [0.15, 0.2) is 12.3 Å². The molecule has 75 heavy (non-hydrogen) atoms. The molecule has 0 radical (unpaired) electrons. The average molecular weight is 1090 g/mol. The van der Waals surface area contributed by atoms with Gasteiger partial charge in [0.2, 0.25) is 0 Å². The molecular weight excluding hydrogens is 1010 g/mol. The lowest BCUT2D eigenvalue weighted by Gasteiger charge is -2.21. The Morgan fingerprint density at radius 2 is 1.16 bits per heavy atom. The molecule has 1 fully saturated rings. The smallest absolute Gasteiger partial charge is 0.462 e. The summed E-state index contributed by atoms with van der Waals surface area (Å²) in [6, 6.07) is 1.24. The lowest BCUT2D eigenvalue weighted by atomic mass is 10.1. The van der Waals surface area contributed by atoms with Gasteiger partial charge in [0.05, 0.1) is 13.2 Å². The van der Waals surface area contributed by atoms with Crippen molar-refractivity contribution in [2.45, 2.75) is 153 Å². The van der Waals surface area contributed by atoms with Crippen molar-refractivity contribution < 1.29 is 71.4 Å². The summed E-state index contributed by atoms with van der Waals surface area (Å²) in [4.78, 5) is 61.9. The number of nitrogens with zero attached hydrogens (tertiary/aromatic N) is 2. The van der Waals surface area contributed by atoms with E-state index >= 15 is 0 Å². The zero-order valence-electron chi connectivity index (χ0n) is 43.2. The molecule has 0 saturated carbocycles. The number of nitrogens with two attached hydrogens (primary N) is 1. The minimum Gasteiger partial charge on any atom is -0.462 e. The van der Waals surface area contributed by atoms with Crippen LogP contribution in [0.15, 0.2) is 139 Å². The first-order valence-corrected chi connectivity index (χ1v) is 28.6. The second-order valence-electron chi connectivity index (χ2n) is 17.0. The number of unbranched alkanes of at least 4 members (excludes halogenated alkanes) is 4. The second-order valence-corrected chi connectivity index (χ2v) is 20.0. The molecule has 1 aromatic rings. The number of nitrogen functional groups attached to an aromatic ring is 1. The molecule has 1 aromatic heterocycles. The molecule has 0 spiro atoms. The maximum absolute atomic E-state index is 12.9. The molecule has 2 heterocycles. The summed E-state index contributed by atoms with van der Waals surface area (Å²) in [5.41, 5.74) is 4.57. The minimum atomic E-state index is -5.46. The summed E-state index contributed by atoms with van der Waals surface area (Å²) in [7, 11) is -10.9. The standard InChI is InChI=1S/C54H81N3O16P2/c1-2-3-4-5-6-7-8-9-10-11-12-14-17-20-23-26-29-32-35-38-49(59)68-43-46(71-50(60)39-36-33-30-27-24-21-18-15-13-16-19-22-25-28-31-34-37-42-58)44-69-74(64,65)73-75(66,67)70-45-47-51(61)52(62)53(72-47)57-41-40-48(55)56-54(57)63/h3-4,6-7,9-10,12-14,16,18,20-23,25,27,29-30,32,40-41,46-47,51-53,58,61-62H,2,5,8,11,15,17,19,24,26,28,31,33-39,42-45H2,1H3,(H,64,65)(H,66,67)(H2,55,56,63)/b4-3-,7-6-,10-9-,14-12-,16-13-,21-18-,23-20-,25-22-,30-27-,32-29-/t46-,47-,51-,52-,53-/m1/s1. The molecule has 21 heteroatoms. The van der Waals surface area contributed by atoms with Crippen LogP contribution < -0.4 is 11.4 Å². The normalized spacial score (nSPS) is 19.8. The molecule has 0 aliphatic carbocycles. The van der Waals surface area contributed by atoms with E-state index in [1.807, 2.05) is 42.5 Å². The highest BCUT2D eigenvalue weighted by molar-refractivity contribution is 7.61. The Morgan fingerprint density at radius 1 is 0.667 bits per heavy atom. The first-order valence-electron chi connectivity index (χ1n) is 25.7. The number of esters is 2. The SMILES string of the molecule is CC/C=C\C/C=C\C/C=C\C/C=C\C/C=C\C/C=C\CCC(=O)OC[C@H](COP(=O)(O)OP(=O)(O)OC[C@H]1O[C@@H](n2ccc(N)nc2=O)[C@H](O)[C@@H]1O)OC(=O)CCC/C=C\C/C=C\C/C=C\C/C=C\CCCCCO. The number of aliphatic hydroxyl groups is 3. The zero-order valence-corrected chi connectivity index (χ0v) is 45.0. The van der Waals surface area contributed by atoms with Crippen molar-refractivity contribution in [2.75, 3.05) is 32.2 Å². The largest absolute Gasteiger partial charge is 0.481 e. The van der Waals surface area contributed by atoms with Crippen LogP contribution in [0.5, 0.6) is 0 Å². The van der Waals surface area contributed by atoms with E-state index in [2.05, 4.69) is 95.2 Å². The van der Waals surface area contributed by atoms with Gasteiger partial charge in [0, 0.05) is 25.6 Å². The number of hydrogen-bond donors (Lipinski definition) is 6. The molecule has 0 aromatic carbocycles. The number of anilines is 1. The number of hydrogen-bond acceptors (Lipinski definition) is 16. The third-order valence-electron chi connectivity index (χ3n) is 10.6. The maximum Gasteiger partial charge on any atom is 0.481 e. The van der Waals surface area contributed by atoms with Gasteiger partial charge in [-0.15, -0.1) is 0 Å². The second kappa shape index (κ2) is 41.3. The van der Waals surface area contributed by atoms with Crippen molar-refractivity contribution in [3.8, 4) is 0 Å². The summed E-state index contributed by atoms with van der Waals surface area (Å²) < 4.78 is 56.6. The molecule has 1 aliphatic heterocycles.